The van der Waals surface area contributed by atoms with Crippen LogP contribution in [0.25, 0.3) is 10.2 Å². The third-order valence-corrected chi connectivity index (χ3v) is 4.41. The predicted molar refractivity (Wildman–Crippen MR) is 96.7 cm³/mol. The molecule has 2 aromatic carbocycles. The Labute approximate surface area is 149 Å². The highest BCUT2D eigenvalue weighted by molar-refractivity contribution is 7.18. The summed E-state index contributed by atoms with van der Waals surface area (Å²) >= 11 is 1.60. The molecule has 0 aliphatic carbocycles. The van der Waals surface area contributed by atoms with E-state index in [9.17, 15) is 4.79 Å². The molecule has 25 heavy (non-hydrogen) atoms. The zero-order valence-electron chi connectivity index (χ0n) is 14.2. The number of hydrogen-bond acceptors (Lipinski definition) is 6. The largest absolute Gasteiger partial charge is 0.493 e. The summed E-state index contributed by atoms with van der Waals surface area (Å²) in [5.41, 5.74) is 0.967. The molecule has 3 rings (SSSR count). The number of para-hydroxylation sites is 1. The maximum atomic E-state index is 11.7. The molecule has 0 radical (unpaired) electrons. The molecular weight excluding hydrogens is 340 g/mol. The SMILES string of the molecule is COc1cc(OCc2nc3ccccc3s2)ccc1OC(=O)N(C)C. The highest BCUT2D eigenvalue weighted by atomic mass is 32.1. The maximum Gasteiger partial charge on any atom is 0.414 e. The standard InChI is InChI=1S/C18H18N2O4S/c1-20(2)18(21)24-14-9-8-12(10-15(14)22-3)23-11-17-19-13-6-4-5-7-16(13)25-17/h4-10H,11H2,1-3H3. The Morgan fingerprint density at radius 3 is 2.68 bits per heavy atom. The smallest absolute Gasteiger partial charge is 0.414 e. The number of hydrogen-bond donors (Lipinski definition) is 0. The summed E-state index contributed by atoms with van der Waals surface area (Å²) in [6, 6.07) is 13.0. The Morgan fingerprint density at radius 1 is 1.16 bits per heavy atom. The lowest BCUT2D eigenvalue weighted by atomic mass is 10.3. The van der Waals surface area contributed by atoms with Crippen LogP contribution in [0.1, 0.15) is 5.01 Å². The van der Waals surface area contributed by atoms with Crippen LogP contribution in [-0.2, 0) is 6.61 Å². The molecule has 0 saturated carbocycles. The van der Waals surface area contributed by atoms with Gasteiger partial charge in [0, 0.05) is 20.2 Å². The van der Waals surface area contributed by atoms with E-state index >= 15 is 0 Å². The van der Waals surface area contributed by atoms with Gasteiger partial charge in [-0.3, -0.25) is 0 Å². The number of amides is 1. The Balaban J connectivity index is 1.71. The van der Waals surface area contributed by atoms with Crippen molar-refractivity contribution in [2.75, 3.05) is 21.2 Å². The molecule has 1 amide bonds. The highest BCUT2D eigenvalue weighted by Crippen LogP contribution is 2.32. The molecule has 0 N–H and O–H groups in total. The third-order valence-electron chi connectivity index (χ3n) is 3.40. The fourth-order valence-corrected chi connectivity index (χ4v) is 3.01. The molecule has 1 aromatic heterocycles. The number of ether oxygens (including phenoxy) is 3. The minimum Gasteiger partial charge on any atom is -0.493 e. The molecule has 7 heteroatoms. The number of benzene rings is 2. The molecule has 0 spiro atoms. The number of thiazole rings is 1. The van der Waals surface area contributed by atoms with Gasteiger partial charge in [-0.05, 0) is 24.3 Å². The van der Waals surface area contributed by atoms with Gasteiger partial charge < -0.3 is 19.1 Å². The molecule has 3 aromatic rings. The normalized spacial score (nSPS) is 10.5. The van der Waals surface area contributed by atoms with Crippen LogP contribution in [0, 0.1) is 0 Å². The first-order valence-electron chi connectivity index (χ1n) is 7.61. The fraction of sp³-hybridized carbons (Fsp3) is 0.222. The summed E-state index contributed by atoms with van der Waals surface area (Å²) in [7, 11) is 4.74. The summed E-state index contributed by atoms with van der Waals surface area (Å²) < 4.78 is 17.4. The first-order chi connectivity index (χ1) is 12.1. The summed E-state index contributed by atoms with van der Waals surface area (Å²) in [6.07, 6.45) is -0.471. The monoisotopic (exact) mass is 358 g/mol. The van der Waals surface area contributed by atoms with Gasteiger partial charge in [-0.1, -0.05) is 12.1 Å². The molecule has 1 heterocycles. The van der Waals surface area contributed by atoms with E-state index in [0.29, 0.717) is 23.9 Å². The first kappa shape index (κ1) is 17.0. The minimum atomic E-state index is -0.471. The molecule has 0 fully saturated rings. The van der Waals surface area contributed by atoms with Crippen molar-refractivity contribution in [1.29, 1.82) is 0 Å². The number of carbonyl (C=O) groups is 1. The van der Waals surface area contributed by atoms with Crippen molar-refractivity contribution < 1.29 is 19.0 Å². The number of nitrogens with zero attached hydrogens (tertiary/aromatic N) is 2. The van der Waals surface area contributed by atoms with E-state index in [-0.39, 0.29) is 0 Å². The number of carbonyl (C=O) groups excluding carboxylic acids is 1. The average Bonchev–Trinajstić information content (AvgIpc) is 3.03. The Kier molecular flexibility index (Phi) is 5.04. The van der Waals surface area contributed by atoms with Crippen LogP contribution in [0.15, 0.2) is 42.5 Å². The van der Waals surface area contributed by atoms with E-state index in [1.165, 1.54) is 12.0 Å². The lowest BCUT2D eigenvalue weighted by Crippen LogP contribution is -2.25. The molecule has 0 aliphatic rings. The Morgan fingerprint density at radius 2 is 1.96 bits per heavy atom. The molecule has 0 unspecified atom stereocenters. The second-order valence-corrected chi connectivity index (χ2v) is 6.55. The van der Waals surface area contributed by atoms with Crippen LogP contribution in [0.4, 0.5) is 4.79 Å². The number of rotatable bonds is 5. The lowest BCUT2D eigenvalue weighted by molar-refractivity contribution is 0.170. The minimum absolute atomic E-state index is 0.341. The van der Waals surface area contributed by atoms with Gasteiger partial charge in [0.1, 0.15) is 17.4 Å². The number of fused-ring (bicyclic) bond motifs is 1. The molecule has 6 nitrogen and oxygen atoms in total. The quantitative estimate of drug-likeness (QED) is 0.691. The van der Waals surface area contributed by atoms with Crippen molar-refractivity contribution in [2.24, 2.45) is 0 Å². The molecule has 0 aliphatic heterocycles. The lowest BCUT2D eigenvalue weighted by Gasteiger charge is -2.14. The Hall–Kier alpha value is -2.80. The van der Waals surface area contributed by atoms with Crippen LogP contribution in [0.5, 0.6) is 17.2 Å². The molecule has 0 bridgehead atoms. The van der Waals surface area contributed by atoms with Gasteiger partial charge in [-0.2, -0.15) is 0 Å². The van der Waals surface area contributed by atoms with Gasteiger partial charge >= 0.3 is 6.09 Å². The van der Waals surface area contributed by atoms with Crippen LogP contribution < -0.4 is 14.2 Å². The van der Waals surface area contributed by atoms with Gasteiger partial charge in [0.2, 0.25) is 0 Å². The van der Waals surface area contributed by atoms with Gasteiger partial charge in [0.15, 0.2) is 11.5 Å². The zero-order valence-corrected chi connectivity index (χ0v) is 15.0. The second kappa shape index (κ2) is 7.40. The molecule has 0 saturated heterocycles. The van der Waals surface area contributed by atoms with Crippen LogP contribution >= 0.6 is 11.3 Å². The fourth-order valence-electron chi connectivity index (χ4n) is 2.13. The predicted octanol–water partition coefficient (Wildman–Crippen LogP) is 3.94. The van der Waals surface area contributed by atoms with Crippen LogP contribution in [0.2, 0.25) is 0 Å². The van der Waals surface area contributed by atoms with Crippen molar-refractivity contribution in [3.63, 3.8) is 0 Å². The highest BCUT2D eigenvalue weighted by Gasteiger charge is 2.13. The van der Waals surface area contributed by atoms with Gasteiger partial charge in [0.25, 0.3) is 0 Å². The van der Waals surface area contributed by atoms with Gasteiger partial charge in [0.05, 0.1) is 17.3 Å². The summed E-state index contributed by atoms with van der Waals surface area (Å²) in [5, 5.41) is 0.892. The van der Waals surface area contributed by atoms with Crippen molar-refractivity contribution in [3.05, 3.63) is 47.5 Å². The van der Waals surface area contributed by atoms with E-state index in [4.69, 9.17) is 14.2 Å². The Bertz CT molecular complexity index is 859. The first-order valence-corrected chi connectivity index (χ1v) is 8.43. The van der Waals surface area contributed by atoms with Gasteiger partial charge in [-0.15, -0.1) is 11.3 Å². The zero-order chi connectivity index (χ0) is 17.8. The van der Waals surface area contributed by atoms with Gasteiger partial charge in [-0.25, -0.2) is 9.78 Å². The van der Waals surface area contributed by atoms with Crippen LogP contribution in [-0.4, -0.2) is 37.2 Å². The molecular formula is C18H18N2O4S. The third kappa shape index (κ3) is 4.00. The van der Waals surface area contributed by atoms with Crippen molar-refractivity contribution in [1.82, 2.24) is 9.88 Å². The van der Waals surface area contributed by atoms with E-state index in [0.717, 1.165) is 15.2 Å². The maximum absolute atomic E-state index is 11.7. The topological polar surface area (TPSA) is 60.9 Å². The second-order valence-electron chi connectivity index (χ2n) is 5.44. The number of aromatic nitrogens is 1. The summed E-state index contributed by atoms with van der Waals surface area (Å²) in [5.74, 6) is 1.38. The van der Waals surface area contributed by atoms with Crippen molar-refractivity contribution >= 4 is 27.6 Å². The number of methoxy groups -OCH3 is 1. The van der Waals surface area contributed by atoms with E-state index in [1.807, 2.05) is 24.3 Å². The summed E-state index contributed by atoms with van der Waals surface area (Å²) in [4.78, 5) is 17.5. The summed E-state index contributed by atoms with van der Waals surface area (Å²) in [6.45, 7) is 0.360. The van der Waals surface area contributed by atoms with Crippen molar-refractivity contribution in [2.45, 2.75) is 6.61 Å². The van der Waals surface area contributed by atoms with E-state index in [1.54, 1.807) is 43.6 Å². The molecule has 130 valence electrons. The molecule has 0 atom stereocenters. The van der Waals surface area contributed by atoms with E-state index < -0.39 is 6.09 Å². The van der Waals surface area contributed by atoms with Crippen molar-refractivity contribution in [3.8, 4) is 17.2 Å². The van der Waals surface area contributed by atoms with E-state index in [2.05, 4.69) is 4.98 Å². The van der Waals surface area contributed by atoms with Crippen LogP contribution in [0.3, 0.4) is 0 Å². The average molecular weight is 358 g/mol.